The van der Waals surface area contributed by atoms with Gasteiger partial charge in [0, 0.05) is 17.2 Å². The number of rotatable bonds is 4. The van der Waals surface area contributed by atoms with Gasteiger partial charge in [-0.2, -0.15) is 4.58 Å². The predicted octanol–water partition coefficient (Wildman–Crippen LogP) is 9.42. The molecule has 9 heteroatoms. The van der Waals surface area contributed by atoms with Crippen molar-refractivity contribution < 1.29 is 9.31 Å². The third kappa shape index (κ3) is 9.47. The van der Waals surface area contributed by atoms with E-state index in [0.29, 0.717) is 6.04 Å². The summed E-state index contributed by atoms with van der Waals surface area (Å²) in [7, 11) is 25.0. The van der Waals surface area contributed by atoms with Crippen LogP contribution in [0.5, 0.6) is 0 Å². The van der Waals surface area contributed by atoms with Crippen molar-refractivity contribution in [3.63, 3.8) is 0 Å². The molecule has 1 aliphatic rings. The van der Waals surface area contributed by atoms with Crippen LogP contribution < -0.4 is 0 Å². The van der Waals surface area contributed by atoms with Gasteiger partial charge in [-0.1, -0.05) is 78.9 Å². The summed E-state index contributed by atoms with van der Waals surface area (Å²) in [5, 5.41) is 0. The van der Waals surface area contributed by atoms with Gasteiger partial charge in [-0.25, -0.2) is 0 Å². The number of benzene rings is 3. The van der Waals surface area contributed by atoms with Gasteiger partial charge >= 0.3 is 68.0 Å². The summed E-state index contributed by atoms with van der Waals surface area (Å²) in [5.74, 6) is 1.81. The molecule has 0 aromatic heterocycles. The minimum atomic E-state index is -5.42. The zero-order chi connectivity index (χ0) is 25.0. The van der Waals surface area contributed by atoms with Crippen molar-refractivity contribution in [3.8, 4) is 0 Å². The zero-order valence-corrected chi connectivity index (χ0v) is 25.6. The van der Waals surface area contributed by atoms with Crippen molar-refractivity contribution in [2.45, 2.75) is 25.9 Å². The average Bonchev–Trinajstić information content (AvgIpc) is 2.78. The monoisotopic (exact) mass is 685 g/mol. The first kappa shape index (κ1) is 28.0. The van der Waals surface area contributed by atoms with E-state index in [9.17, 15) is 0 Å². The normalized spacial score (nSPS) is 18.1. The fourth-order valence-corrected chi connectivity index (χ4v) is 3.55. The summed E-state index contributed by atoms with van der Waals surface area (Å²) in [5.41, 5.74) is 3.44. The second-order valence-corrected chi connectivity index (χ2v) is 64.9. The Morgan fingerprint density at radius 2 is 1.09 bits per heavy atom. The van der Waals surface area contributed by atoms with E-state index in [4.69, 9.17) is 57.7 Å². The van der Waals surface area contributed by atoms with Crippen LogP contribution in [0, 0.1) is 0 Å². The number of ether oxygens (including phenoxy) is 1. The van der Waals surface area contributed by atoms with Gasteiger partial charge < -0.3 is 4.74 Å². The maximum absolute atomic E-state index is 6.49. The van der Waals surface area contributed by atoms with E-state index in [2.05, 4.69) is 91.2 Å². The number of hydrogen-bond donors (Lipinski definition) is 0. The molecular formula is C25H24Cl6NOSb. The molecule has 4 rings (SSSR count). The SMILES string of the molecule is CC(C)[N+]1=C(c2ccccc2)OC(c2ccccc2)=CC1c1ccccc1.[Cl][Sb-]([Cl])([Cl])([Cl])([Cl])[Cl]. The van der Waals surface area contributed by atoms with Crippen LogP contribution in [-0.4, -0.2) is 25.7 Å². The maximum atomic E-state index is 6.49. The summed E-state index contributed by atoms with van der Waals surface area (Å²) >= 11 is 0. The molecule has 0 bridgehead atoms. The third-order valence-corrected chi connectivity index (χ3v) is 4.83. The van der Waals surface area contributed by atoms with Gasteiger partial charge in [0.15, 0.2) is 6.04 Å². The molecule has 0 spiro atoms. The third-order valence-electron chi connectivity index (χ3n) is 4.83. The van der Waals surface area contributed by atoms with Crippen LogP contribution in [0.25, 0.3) is 5.76 Å². The molecule has 1 heterocycles. The van der Waals surface area contributed by atoms with Crippen molar-refractivity contribution in [3.05, 3.63) is 114 Å². The molecule has 0 fully saturated rings. The topological polar surface area (TPSA) is 12.2 Å². The molecule has 3 aromatic carbocycles. The molecule has 0 radical (unpaired) electrons. The number of nitrogens with zero attached hydrogens (tertiary/aromatic N) is 1. The molecule has 182 valence electrons. The molecule has 0 saturated heterocycles. The van der Waals surface area contributed by atoms with E-state index in [0.717, 1.165) is 22.8 Å². The van der Waals surface area contributed by atoms with Crippen LogP contribution in [0.2, 0.25) is 0 Å². The standard InChI is InChI=1S/C25H24NO.6ClH.Sb/c1-19(2)26-23(20-12-6-3-7-13-20)18-24(21-14-8-4-9-15-21)27-25(26)22-16-10-5-11-17-22;;;;;;;/h3-19,23H,1-2H3;6*1H;/q+1;;;;;;;+5/p-6. The van der Waals surface area contributed by atoms with E-state index in [1.54, 1.807) is 0 Å². The molecule has 0 saturated carbocycles. The summed E-state index contributed by atoms with van der Waals surface area (Å²) in [6, 6.07) is 31.7. The first-order valence-electron chi connectivity index (χ1n) is 10.5. The average molecular weight is 689 g/mol. The van der Waals surface area contributed by atoms with Crippen LogP contribution in [-0.2, 0) is 4.74 Å². The second-order valence-electron chi connectivity index (χ2n) is 7.99. The Bertz CT molecular complexity index is 1170. The molecule has 0 aliphatic carbocycles. The van der Waals surface area contributed by atoms with Gasteiger partial charge in [-0.15, -0.1) is 0 Å². The van der Waals surface area contributed by atoms with Crippen molar-refractivity contribution in [2.75, 3.05) is 0 Å². The van der Waals surface area contributed by atoms with E-state index in [1.807, 2.05) is 24.3 Å². The van der Waals surface area contributed by atoms with Crippen molar-refractivity contribution in [1.82, 2.24) is 0 Å². The Labute approximate surface area is 220 Å². The van der Waals surface area contributed by atoms with Crippen LogP contribution in [0.1, 0.15) is 36.6 Å². The second kappa shape index (κ2) is 10.4. The van der Waals surface area contributed by atoms with Crippen LogP contribution in [0.4, 0.5) is 0 Å². The Balaban J connectivity index is 0.000000406. The Kier molecular flexibility index (Phi) is 8.59. The predicted molar refractivity (Wildman–Crippen MR) is 152 cm³/mol. The Morgan fingerprint density at radius 3 is 1.53 bits per heavy atom. The molecule has 1 unspecified atom stereocenters. The van der Waals surface area contributed by atoms with E-state index < -0.39 is 9.14 Å². The molecule has 2 nitrogen and oxygen atoms in total. The molecule has 1 atom stereocenters. The quantitative estimate of drug-likeness (QED) is 0.197. The van der Waals surface area contributed by atoms with Gasteiger partial charge in [-0.3, -0.25) is 0 Å². The number of hydrogen-bond acceptors (Lipinski definition) is 1. The summed E-state index contributed by atoms with van der Waals surface area (Å²) in [4.78, 5) is 0. The van der Waals surface area contributed by atoms with Gasteiger partial charge in [-0.05, 0) is 26.0 Å². The van der Waals surface area contributed by atoms with Gasteiger partial charge in [0.05, 0.1) is 5.56 Å². The van der Waals surface area contributed by atoms with Crippen molar-refractivity contribution in [2.24, 2.45) is 0 Å². The molecular weight excluding hydrogens is 665 g/mol. The Hall–Kier alpha value is -0.572. The zero-order valence-electron chi connectivity index (χ0n) is 18.5. The fraction of sp³-hybridized carbons (Fsp3) is 0.160. The van der Waals surface area contributed by atoms with Gasteiger partial charge in [0.25, 0.3) is 0 Å². The molecule has 34 heavy (non-hydrogen) atoms. The van der Waals surface area contributed by atoms with Crippen LogP contribution in [0.15, 0.2) is 97.1 Å². The first-order valence-corrected chi connectivity index (χ1v) is 29.9. The van der Waals surface area contributed by atoms with Gasteiger partial charge in [0.1, 0.15) is 5.76 Å². The molecule has 0 amide bonds. The first-order chi connectivity index (χ1) is 15.7. The van der Waals surface area contributed by atoms with E-state index in [1.165, 1.54) is 5.56 Å². The van der Waals surface area contributed by atoms with Crippen LogP contribution in [0.3, 0.4) is 0 Å². The van der Waals surface area contributed by atoms with Crippen LogP contribution >= 0.6 is 53.0 Å². The number of halogens is 6. The molecule has 3 aromatic rings. The molecule has 0 N–H and O–H groups in total. The molecule has 1 aliphatic heterocycles. The van der Waals surface area contributed by atoms with Crippen molar-refractivity contribution >= 4 is 73.8 Å². The Morgan fingerprint density at radius 1 is 0.676 bits per heavy atom. The van der Waals surface area contributed by atoms with Crippen molar-refractivity contribution in [1.29, 1.82) is 0 Å². The van der Waals surface area contributed by atoms with Gasteiger partial charge in [0.2, 0.25) is 6.04 Å². The minimum absolute atomic E-state index is 0.116. The van der Waals surface area contributed by atoms with E-state index >= 15 is 0 Å². The van der Waals surface area contributed by atoms with E-state index in [-0.39, 0.29) is 6.04 Å². The summed E-state index contributed by atoms with van der Waals surface area (Å²) < 4.78 is 8.85. The fourth-order valence-electron chi connectivity index (χ4n) is 3.55. The summed E-state index contributed by atoms with van der Waals surface area (Å²) in [6.45, 7) is 4.42. The summed E-state index contributed by atoms with van der Waals surface area (Å²) in [6.07, 6.45) is 2.23.